The number of aromatic nitrogens is 1. The molecule has 4 heteroatoms. The van der Waals surface area contributed by atoms with Crippen molar-refractivity contribution >= 4 is 21.9 Å². The van der Waals surface area contributed by atoms with Gasteiger partial charge in [0, 0.05) is 7.05 Å². The molecule has 0 bridgehead atoms. The van der Waals surface area contributed by atoms with Crippen LogP contribution in [0.5, 0.6) is 0 Å². The maximum Gasteiger partial charge on any atom is 0.355 e. The summed E-state index contributed by atoms with van der Waals surface area (Å²) >= 11 is 3.34. The molecule has 72 valence electrons. The summed E-state index contributed by atoms with van der Waals surface area (Å²) in [6.45, 7) is 4.09. The first-order valence-electron chi connectivity index (χ1n) is 4.06. The normalized spacial score (nSPS) is 10.2. The minimum Gasteiger partial charge on any atom is -0.461 e. The molecule has 0 amide bonds. The van der Waals surface area contributed by atoms with Gasteiger partial charge in [-0.15, -0.1) is 0 Å². The van der Waals surface area contributed by atoms with Gasteiger partial charge in [-0.3, -0.25) is 0 Å². The zero-order valence-corrected chi connectivity index (χ0v) is 9.51. The number of carbonyl (C=O) groups excluding carboxylic acids is 1. The number of hydrogen-bond acceptors (Lipinski definition) is 2. The highest BCUT2D eigenvalue weighted by atomic mass is 79.9. The van der Waals surface area contributed by atoms with Gasteiger partial charge < -0.3 is 9.30 Å². The summed E-state index contributed by atoms with van der Waals surface area (Å²) in [4.78, 5) is 11.4. The van der Waals surface area contributed by atoms with Crippen molar-refractivity contribution in [1.29, 1.82) is 0 Å². The van der Waals surface area contributed by atoms with E-state index >= 15 is 0 Å². The van der Waals surface area contributed by atoms with Crippen molar-refractivity contribution in [3.8, 4) is 0 Å². The lowest BCUT2D eigenvalue weighted by molar-refractivity contribution is 0.0514. The van der Waals surface area contributed by atoms with Gasteiger partial charge in [-0.1, -0.05) is 0 Å². The highest BCUT2D eigenvalue weighted by Gasteiger charge is 2.16. The molecule has 0 saturated carbocycles. The lowest BCUT2D eigenvalue weighted by Gasteiger charge is -2.04. The Kier molecular flexibility index (Phi) is 3.14. The quantitative estimate of drug-likeness (QED) is 0.749. The number of carbonyl (C=O) groups is 1. The molecule has 0 aliphatic heterocycles. The number of rotatable bonds is 2. The molecular formula is C9H12BrNO2. The lowest BCUT2D eigenvalue weighted by atomic mass is 10.3. The molecule has 0 aliphatic rings. The van der Waals surface area contributed by atoms with E-state index in [-0.39, 0.29) is 5.97 Å². The van der Waals surface area contributed by atoms with Crippen LogP contribution in [0.15, 0.2) is 10.7 Å². The van der Waals surface area contributed by atoms with Gasteiger partial charge in [-0.25, -0.2) is 4.79 Å². The molecular weight excluding hydrogens is 234 g/mol. The van der Waals surface area contributed by atoms with Crippen molar-refractivity contribution in [2.75, 3.05) is 6.61 Å². The van der Waals surface area contributed by atoms with E-state index in [9.17, 15) is 4.79 Å². The van der Waals surface area contributed by atoms with Crippen LogP contribution < -0.4 is 0 Å². The summed E-state index contributed by atoms with van der Waals surface area (Å²) in [5.74, 6) is -0.270. The Morgan fingerprint density at radius 3 is 2.69 bits per heavy atom. The monoisotopic (exact) mass is 245 g/mol. The Morgan fingerprint density at radius 1 is 1.69 bits per heavy atom. The largest absolute Gasteiger partial charge is 0.461 e. The smallest absolute Gasteiger partial charge is 0.355 e. The minimum absolute atomic E-state index is 0.270. The van der Waals surface area contributed by atoms with Gasteiger partial charge in [0.15, 0.2) is 0 Å². The molecule has 0 spiro atoms. The standard InChI is InChI=1S/C9H12BrNO2/c1-4-13-9(12)8-6(2)5-7(10)11(8)3/h5H,4H2,1-3H3. The van der Waals surface area contributed by atoms with E-state index in [1.807, 2.05) is 20.0 Å². The number of aryl methyl sites for hydroxylation is 1. The van der Waals surface area contributed by atoms with Crippen molar-refractivity contribution in [3.05, 3.63) is 21.9 Å². The number of hydrogen-bond donors (Lipinski definition) is 0. The summed E-state index contributed by atoms with van der Waals surface area (Å²) in [5.41, 5.74) is 1.53. The fraction of sp³-hybridized carbons (Fsp3) is 0.444. The Labute approximate surface area is 85.8 Å². The molecule has 13 heavy (non-hydrogen) atoms. The fourth-order valence-corrected chi connectivity index (χ4v) is 1.73. The average molecular weight is 246 g/mol. The van der Waals surface area contributed by atoms with Crippen molar-refractivity contribution in [2.45, 2.75) is 13.8 Å². The maximum atomic E-state index is 11.4. The zero-order chi connectivity index (χ0) is 10.0. The summed E-state index contributed by atoms with van der Waals surface area (Å²) < 4.78 is 7.58. The molecule has 0 unspecified atom stereocenters. The van der Waals surface area contributed by atoms with Crippen molar-refractivity contribution in [3.63, 3.8) is 0 Å². The Bertz CT molecular complexity index is 331. The van der Waals surface area contributed by atoms with Gasteiger partial charge in [0.2, 0.25) is 0 Å². The topological polar surface area (TPSA) is 31.2 Å². The van der Waals surface area contributed by atoms with Crippen molar-refractivity contribution in [2.24, 2.45) is 7.05 Å². The second kappa shape index (κ2) is 3.96. The van der Waals surface area contributed by atoms with Crippen LogP contribution in [0.4, 0.5) is 0 Å². The van der Waals surface area contributed by atoms with Gasteiger partial charge in [0.1, 0.15) is 5.69 Å². The second-order valence-electron chi connectivity index (χ2n) is 2.78. The van der Waals surface area contributed by atoms with E-state index in [2.05, 4.69) is 15.9 Å². The van der Waals surface area contributed by atoms with Crippen molar-refractivity contribution in [1.82, 2.24) is 4.57 Å². The number of nitrogens with zero attached hydrogens (tertiary/aromatic N) is 1. The molecule has 0 aliphatic carbocycles. The van der Waals surface area contributed by atoms with Crippen LogP contribution in [0.1, 0.15) is 23.0 Å². The first-order valence-corrected chi connectivity index (χ1v) is 4.86. The van der Waals surface area contributed by atoms with E-state index < -0.39 is 0 Å². The molecule has 1 rings (SSSR count). The van der Waals surface area contributed by atoms with Crippen LogP contribution >= 0.6 is 15.9 Å². The predicted octanol–water partition coefficient (Wildman–Crippen LogP) is 2.27. The molecule has 1 heterocycles. The van der Waals surface area contributed by atoms with Crippen LogP contribution in [-0.4, -0.2) is 17.1 Å². The Hall–Kier alpha value is -0.770. The van der Waals surface area contributed by atoms with Gasteiger partial charge in [-0.2, -0.15) is 0 Å². The minimum atomic E-state index is -0.270. The summed E-state index contributed by atoms with van der Waals surface area (Å²) in [7, 11) is 1.82. The first-order chi connectivity index (χ1) is 6.07. The predicted molar refractivity (Wildman–Crippen MR) is 53.8 cm³/mol. The summed E-state index contributed by atoms with van der Waals surface area (Å²) in [5, 5.41) is 0. The molecule has 0 radical (unpaired) electrons. The Balaban J connectivity index is 3.06. The third-order valence-corrected chi connectivity index (χ3v) is 2.59. The lowest BCUT2D eigenvalue weighted by Crippen LogP contribution is -2.11. The highest BCUT2D eigenvalue weighted by Crippen LogP contribution is 2.19. The van der Waals surface area contributed by atoms with Gasteiger partial charge in [0.05, 0.1) is 11.2 Å². The molecule has 0 saturated heterocycles. The van der Waals surface area contributed by atoms with Gasteiger partial charge in [-0.05, 0) is 41.4 Å². The molecule has 1 aromatic heterocycles. The van der Waals surface area contributed by atoms with Crippen LogP contribution in [0.2, 0.25) is 0 Å². The van der Waals surface area contributed by atoms with Gasteiger partial charge in [0.25, 0.3) is 0 Å². The summed E-state index contributed by atoms with van der Waals surface area (Å²) in [6.07, 6.45) is 0. The molecule has 0 fully saturated rings. The average Bonchev–Trinajstić information content (AvgIpc) is 2.27. The van der Waals surface area contributed by atoms with E-state index in [0.717, 1.165) is 10.2 Å². The van der Waals surface area contributed by atoms with Crippen LogP contribution in [0.25, 0.3) is 0 Å². The highest BCUT2D eigenvalue weighted by molar-refractivity contribution is 9.10. The van der Waals surface area contributed by atoms with E-state index in [1.165, 1.54) is 0 Å². The maximum absolute atomic E-state index is 11.4. The Morgan fingerprint density at radius 2 is 2.31 bits per heavy atom. The molecule has 3 nitrogen and oxygen atoms in total. The number of ether oxygens (including phenoxy) is 1. The molecule has 0 N–H and O–H groups in total. The van der Waals surface area contributed by atoms with E-state index in [0.29, 0.717) is 12.3 Å². The molecule has 0 aromatic carbocycles. The second-order valence-corrected chi connectivity index (χ2v) is 3.59. The van der Waals surface area contributed by atoms with Crippen LogP contribution in [0.3, 0.4) is 0 Å². The number of halogens is 1. The fourth-order valence-electron chi connectivity index (χ4n) is 1.21. The first kappa shape index (κ1) is 10.3. The van der Waals surface area contributed by atoms with E-state index in [1.54, 1.807) is 11.5 Å². The van der Waals surface area contributed by atoms with E-state index in [4.69, 9.17) is 4.74 Å². The number of esters is 1. The van der Waals surface area contributed by atoms with Crippen LogP contribution in [0, 0.1) is 6.92 Å². The third-order valence-electron chi connectivity index (χ3n) is 1.83. The zero-order valence-electron chi connectivity index (χ0n) is 7.93. The third kappa shape index (κ3) is 1.94. The molecule has 0 atom stereocenters. The SMILES string of the molecule is CCOC(=O)c1c(C)cc(Br)n1C. The van der Waals surface area contributed by atoms with Crippen molar-refractivity contribution < 1.29 is 9.53 Å². The van der Waals surface area contributed by atoms with Crippen LogP contribution in [-0.2, 0) is 11.8 Å². The van der Waals surface area contributed by atoms with Gasteiger partial charge >= 0.3 is 5.97 Å². The molecule has 1 aromatic rings. The summed E-state index contributed by atoms with van der Waals surface area (Å²) in [6, 6.07) is 1.90.